The molecule has 7 heteroatoms. The van der Waals surface area contributed by atoms with Crippen molar-refractivity contribution in [1.29, 1.82) is 0 Å². The second-order valence-electron chi connectivity index (χ2n) is 4.88. The fraction of sp³-hybridized carbons (Fsp3) is 0.462. The first-order chi connectivity index (χ1) is 9.58. The standard InChI is InChI=1S/C13H18N4O3/c1-16(10-6-7-14-8-10)9-13(18)15-11-4-2-3-5-12(11)17(19)20/h2-5,10,14H,6-9H2,1H3,(H,15,18). The van der Waals surface area contributed by atoms with Gasteiger partial charge in [-0.15, -0.1) is 0 Å². The lowest BCUT2D eigenvalue weighted by Gasteiger charge is -2.22. The second-order valence-corrected chi connectivity index (χ2v) is 4.88. The highest BCUT2D eigenvalue weighted by Gasteiger charge is 2.22. The van der Waals surface area contributed by atoms with Gasteiger partial charge in [0.2, 0.25) is 5.91 Å². The van der Waals surface area contributed by atoms with E-state index in [1.807, 2.05) is 11.9 Å². The number of para-hydroxylation sites is 2. The molecule has 0 aromatic heterocycles. The van der Waals surface area contributed by atoms with Crippen molar-refractivity contribution in [3.05, 3.63) is 34.4 Å². The maximum atomic E-state index is 12.0. The molecule has 1 aromatic rings. The molecule has 1 aliphatic rings. The summed E-state index contributed by atoms with van der Waals surface area (Å²) in [7, 11) is 1.89. The number of nitrogens with zero attached hydrogens (tertiary/aromatic N) is 2. The fourth-order valence-electron chi connectivity index (χ4n) is 2.30. The van der Waals surface area contributed by atoms with E-state index in [1.165, 1.54) is 12.1 Å². The monoisotopic (exact) mass is 278 g/mol. The normalized spacial score (nSPS) is 18.2. The van der Waals surface area contributed by atoms with Crippen LogP contribution in [0.5, 0.6) is 0 Å². The van der Waals surface area contributed by atoms with Gasteiger partial charge in [-0.1, -0.05) is 12.1 Å². The van der Waals surface area contributed by atoms with Crippen molar-refractivity contribution in [2.45, 2.75) is 12.5 Å². The number of nitro benzene ring substituents is 1. The Morgan fingerprint density at radius 3 is 2.95 bits per heavy atom. The lowest BCUT2D eigenvalue weighted by Crippen LogP contribution is -2.39. The molecule has 2 N–H and O–H groups in total. The van der Waals surface area contributed by atoms with Crippen LogP contribution in [0, 0.1) is 10.1 Å². The molecule has 1 atom stereocenters. The number of hydrogen-bond acceptors (Lipinski definition) is 5. The third-order valence-corrected chi connectivity index (χ3v) is 3.43. The van der Waals surface area contributed by atoms with E-state index in [9.17, 15) is 14.9 Å². The average molecular weight is 278 g/mol. The van der Waals surface area contributed by atoms with Gasteiger partial charge in [0.1, 0.15) is 5.69 Å². The summed E-state index contributed by atoms with van der Waals surface area (Å²) < 4.78 is 0. The van der Waals surface area contributed by atoms with E-state index in [2.05, 4.69) is 10.6 Å². The molecule has 1 saturated heterocycles. The highest BCUT2D eigenvalue weighted by Crippen LogP contribution is 2.23. The second kappa shape index (κ2) is 6.44. The highest BCUT2D eigenvalue weighted by molar-refractivity contribution is 5.94. The average Bonchev–Trinajstić information content (AvgIpc) is 2.92. The SMILES string of the molecule is CN(CC(=O)Nc1ccccc1[N+](=O)[O-])C1CCNC1. The third kappa shape index (κ3) is 3.52. The summed E-state index contributed by atoms with van der Waals surface area (Å²) in [5.74, 6) is -0.242. The van der Waals surface area contributed by atoms with Crippen LogP contribution in [0.3, 0.4) is 0 Å². The van der Waals surface area contributed by atoms with Crippen molar-refractivity contribution in [3.63, 3.8) is 0 Å². The Kier molecular flexibility index (Phi) is 4.65. The molecule has 0 aliphatic carbocycles. The van der Waals surface area contributed by atoms with E-state index in [4.69, 9.17) is 0 Å². The minimum Gasteiger partial charge on any atom is -0.319 e. The molecule has 108 valence electrons. The van der Waals surface area contributed by atoms with Gasteiger partial charge in [0, 0.05) is 18.7 Å². The molecule has 0 spiro atoms. The fourth-order valence-corrected chi connectivity index (χ4v) is 2.30. The Labute approximate surface area is 117 Å². The van der Waals surface area contributed by atoms with Crippen molar-refractivity contribution in [2.75, 3.05) is 32.0 Å². The highest BCUT2D eigenvalue weighted by atomic mass is 16.6. The lowest BCUT2D eigenvalue weighted by atomic mass is 10.2. The summed E-state index contributed by atoms with van der Waals surface area (Å²) >= 11 is 0. The number of anilines is 1. The Morgan fingerprint density at radius 2 is 2.30 bits per heavy atom. The topological polar surface area (TPSA) is 87.5 Å². The Morgan fingerprint density at radius 1 is 1.55 bits per heavy atom. The molecule has 7 nitrogen and oxygen atoms in total. The Bertz CT molecular complexity index is 500. The number of carbonyl (C=O) groups excluding carboxylic acids is 1. The quantitative estimate of drug-likeness (QED) is 0.615. The number of likely N-dealkylation sites (N-methyl/N-ethyl adjacent to an activating group) is 1. The number of amides is 1. The molecule has 20 heavy (non-hydrogen) atoms. The first-order valence-electron chi connectivity index (χ1n) is 6.52. The van der Waals surface area contributed by atoms with E-state index in [1.54, 1.807) is 12.1 Å². The van der Waals surface area contributed by atoms with Gasteiger partial charge >= 0.3 is 0 Å². The molecule has 0 saturated carbocycles. The van der Waals surface area contributed by atoms with Crippen LogP contribution in [0.25, 0.3) is 0 Å². The zero-order valence-electron chi connectivity index (χ0n) is 11.3. The van der Waals surface area contributed by atoms with Gasteiger partial charge in [-0.25, -0.2) is 0 Å². The van der Waals surface area contributed by atoms with E-state index in [0.29, 0.717) is 6.04 Å². The maximum absolute atomic E-state index is 12.0. The number of nitrogens with one attached hydrogen (secondary N) is 2. The minimum atomic E-state index is -0.500. The zero-order chi connectivity index (χ0) is 14.5. The molecule has 1 aromatic carbocycles. The van der Waals surface area contributed by atoms with Crippen molar-refractivity contribution in [2.24, 2.45) is 0 Å². The Balaban J connectivity index is 1.96. The molecular weight excluding hydrogens is 260 g/mol. The van der Waals surface area contributed by atoms with Gasteiger partial charge in [0.05, 0.1) is 11.5 Å². The van der Waals surface area contributed by atoms with Crippen LogP contribution in [0.2, 0.25) is 0 Å². The predicted octanol–water partition coefficient (Wildman–Crippen LogP) is 0.827. The molecule has 1 heterocycles. The van der Waals surface area contributed by atoms with E-state index in [-0.39, 0.29) is 23.8 Å². The van der Waals surface area contributed by atoms with Crippen LogP contribution < -0.4 is 10.6 Å². The van der Waals surface area contributed by atoms with Gasteiger partial charge in [-0.05, 0) is 26.1 Å². The van der Waals surface area contributed by atoms with Crippen molar-refractivity contribution in [3.8, 4) is 0 Å². The molecule has 1 fully saturated rings. The minimum absolute atomic E-state index is 0.0916. The van der Waals surface area contributed by atoms with Crippen molar-refractivity contribution >= 4 is 17.3 Å². The number of benzene rings is 1. The molecule has 1 unspecified atom stereocenters. The summed E-state index contributed by atoms with van der Waals surface area (Å²) in [6.45, 7) is 2.05. The van der Waals surface area contributed by atoms with Crippen LogP contribution in [0.1, 0.15) is 6.42 Å². The zero-order valence-corrected chi connectivity index (χ0v) is 11.3. The summed E-state index contributed by atoms with van der Waals surface area (Å²) in [4.78, 5) is 24.3. The molecule has 1 aliphatic heterocycles. The van der Waals surface area contributed by atoms with Crippen molar-refractivity contribution < 1.29 is 9.72 Å². The maximum Gasteiger partial charge on any atom is 0.292 e. The van der Waals surface area contributed by atoms with E-state index >= 15 is 0 Å². The van der Waals surface area contributed by atoms with Gasteiger partial charge in [-0.3, -0.25) is 19.8 Å². The number of hydrogen-bond donors (Lipinski definition) is 2. The summed E-state index contributed by atoms with van der Waals surface area (Å²) in [6.07, 6.45) is 1.01. The molecule has 0 bridgehead atoms. The number of nitro groups is 1. The first-order valence-corrected chi connectivity index (χ1v) is 6.52. The van der Waals surface area contributed by atoms with Crippen LogP contribution in [0.15, 0.2) is 24.3 Å². The van der Waals surface area contributed by atoms with Crippen LogP contribution in [-0.4, -0.2) is 48.5 Å². The van der Waals surface area contributed by atoms with Crippen molar-refractivity contribution in [1.82, 2.24) is 10.2 Å². The summed E-state index contributed by atoms with van der Waals surface area (Å²) in [5, 5.41) is 16.7. The van der Waals surface area contributed by atoms with Gasteiger partial charge in [0.15, 0.2) is 0 Å². The van der Waals surface area contributed by atoms with E-state index < -0.39 is 4.92 Å². The first kappa shape index (κ1) is 14.4. The molecule has 1 amide bonds. The molecule has 0 radical (unpaired) electrons. The molecule has 2 rings (SSSR count). The van der Waals surface area contributed by atoms with E-state index in [0.717, 1.165) is 19.5 Å². The van der Waals surface area contributed by atoms with Crippen LogP contribution in [-0.2, 0) is 4.79 Å². The number of rotatable bonds is 5. The lowest BCUT2D eigenvalue weighted by molar-refractivity contribution is -0.383. The smallest absolute Gasteiger partial charge is 0.292 e. The molecular formula is C13H18N4O3. The van der Waals surface area contributed by atoms with Gasteiger partial charge in [-0.2, -0.15) is 0 Å². The van der Waals surface area contributed by atoms with Crippen LogP contribution in [0.4, 0.5) is 11.4 Å². The Hall–Kier alpha value is -1.99. The number of carbonyl (C=O) groups is 1. The van der Waals surface area contributed by atoms with Gasteiger partial charge in [0.25, 0.3) is 5.69 Å². The summed E-state index contributed by atoms with van der Waals surface area (Å²) in [6, 6.07) is 6.48. The third-order valence-electron chi connectivity index (χ3n) is 3.43. The summed E-state index contributed by atoms with van der Waals surface area (Å²) in [5.41, 5.74) is 0.145. The van der Waals surface area contributed by atoms with Gasteiger partial charge < -0.3 is 10.6 Å². The van der Waals surface area contributed by atoms with Crippen LogP contribution >= 0.6 is 0 Å². The predicted molar refractivity (Wildman–Crippen MR) is 75.6 cm³/mol. The largest absolute Gasteiger partial charge is 0.319 e.